The van der Waals surface area contributed by atoms with Gasteiger partial charge >= 0.3 is 0 Å². The minimum Gasteiger partial charge on any atom is -0.389 e. The lowest BCUT2D eigenvalue weighted by atomic mass is 9.97. The number of nitrogens with zero attached hydrogens (tertiary/aromatic N) is 2. The molecule has 0 saturated carbocycles. The average molecular weight is 317 g/mol. The molecule has 22 heavy (non-hydrogen) atoms. The van der Waals surface area contributed by atoms with E-state index < -0.39 is 5.60 Å². The van der Waals surface area contributed by atoms with Crippen LogP contribution in [0.3, 0.4) is 0 Å². The van der Waals surface area contributed by atoms with Crippen molar-refractivity contribution < 1.29 is 5.11 Å². The van der Waals surface area contributed by atoms with E-state index in [1.165, 1.54) is 5.56 Å². The summed E-state index contributed by atoms with van der Waals surface area (Å²) < 4.78 is 1.85. The van der Waals surface area contributed by atoms with E-state index in [4.69, 9.17) is 0 Å². The summed E-state index contributed by atoms with van der Waals surface area (Å²) in [5.41, 5.74) is 2.78. The summed E-state index contributed by atoms with van der Waals surface area (Å²) in [5.74, 6) is 2.11. The average Bonchev–Trinajstić information content (AvgIpc) is 2.90. The van der Waals surface area contributed by atoms with E-state index in [0.717, 1.165) is 42.1 Å². The van der Waals surface area contributed by atoms with E-state index in [1.54, 1.807) is 0 Å². The van der Waals surface area contributed by atoms with Gasteiger partial charge in [0.2, 0.25) is 0 Å². The van der Waals surface area contributed by atoms with Crippen LogP contribution in [0.2, 0.25) is 0 Å². The third-order valence-corrected chi connectivity index (χ3v) is 5.13. The van der Waals surface area contributed by atoms with Crippen molar-refractivity contribution in [2.24, 2.45) is 7.05 Å². The Morgan fingerprint density at radius 1 is 1.27 bits per heavy atom. The van der Waals surface area contributed by atoms with Crippen LogP contribution in [0.15, 0.2) is 36.5 Å². The number of thioether (sulfide) groups is 1. The predicted octanol–water partition coefficient (Wildman–Crippen LogP) is 2.43. The number of benzene rings is 1. The summed E-state index contributed by atoms with van der Waals surface area (Å²) in [7, 11) is 1.95. The zero-order valence-corrected chi connectivity index (χ0v) is 13.8. The van der Waals surface area contributed by atoms with Crippen molar-refractivity contribution in [2.45, 2.75) is 25.0 Å². The number of hydrogen-bond donors (Lipinski definition) is 2. The number of nitrogens with one attached hydrogen (secondary N) is 1. The molecule has 4 nitrogen and oxygen atoms in total. The van der Waals surface area contributed by atoms with Crippen LogP contribution in [0, 0.1) is 0 Å². The van der Waals surface area contributed by atoms with Gasteiger partial charge in [0, 0.05) is 37.5 Å². The first kappa shape index (κ1) is 15.6. The fourth-order valence-corrected chi connectivity index (χ4v) is 4.12. The molecule has 0 aliphatic carbocycles. The van der Waals surface area contributed by atoms with Crippen LogP contribution in [-0.4, -0.2) is 38.5 Å². The summed E-state index contributed by atoms with van der Waals surface area (Å²) in [6, 6.07) is 10.2. The summed E-state index contributed by atoms with van der Waals surface area (Å²) in [4.78, 5) is 0. The molecule has 1 aromatic carbocycles. The first-order valence-electron chi connectivity index (χ1n) is 7.75. The molecule has 118 valence electrons. The van der Waals surface area contributed by atoms with Gasteiger partial charge in [-0.05, 0) is 24.3 Å². The number of hydrogen-bond acceptors (Lipinski definition) is 4. The van der Waals surface area contributed by atoms with Gasteiger partial charge in [0.25, 0.3) is 0 Å². The second-order valence-electron chi connectivity index (χ2n) is 5.98. The first-order chi connectivity index (χ1) is 10.7. The van der Waals surface area contributed by atoms with Gasteiger partial charge in [0.05, 0.1) is 11.3 Å². The zero-order valence-electron chi connectivity index (χ0n) is 13.0. The zero-order chi connectivity index (χ0) is 15.4. The Morgan fingerprint density at radius 3 is 2.73 bits per heavy atom. The van der Waals surface area contributed by atoms with E-state index in [0.29, 0.717) is 6.54 Å². The van der Waals surface area contributed by atoms with Crippen molar-refractivity contribution in [3.05, 3.63) is 42.1 Å². The second-order valence-corrected chi connectivity index (χ2v) is 7.21. The minimum atomic E-state index is -0.541. The van der Waals surface area contributed by atoms with Crippen LogP contribution in [0.5, 0.6) is 0 Å². The molecule has 0 amide bonds. The molecule has 1 aliphatic heterocycles. The topological polar surface area (TPSA) is 50.1 Å². The van der Waals surface area contributed by atoms with Crippen LogP contribution in [0.25, 0.3) is 11.3 Å². The molecular formula is C17H23N3OS. The third-order valence-electron chi connectivity index (χ3n) is 4.14. The van der Waals surface area contributed by atoms with Crippen molar-refractivity contribution in [3.63, 3.8) is 0 Å². The van der Waals surface area contributed by atoms with Crippen LogP contribution in [0.4, 0.5) is 0 Å². The van der Waals surface area contributed by atoms with Crippen LogP contribution in [-0.2, 0) is 13.6 Å². The Bertz CT molecular complexity index is 606. The molecule has 2 heterocycles. The maximum Gasteiger partial charge on any atom is 0.0967 e. The fourth-order valence-electron chi connectivity index (χ4n) is 2.86. The maximum absolute atomic E-state index is 10.5. The molecule has 2 aromatic rings. The Labute approximate surface area is 135 Å². The monoisotopic (exact) mass is 317 g/mol. The predicted molar refractivity (Wildman–Crippen MR) is 91.9 cm³/mol. The summed E-state index contributed by atoms with van der Waals surface area (Å²) in [6.45, 7) is 1.38. The molecule has 3 rings (SSSR count). The van der Waals surface area contributed by atoms with E-state index in [1.807, 2.05) is 41.7 Å². The largest absolute Gasteiger partial charge is 0.389 e. The van der Waals surface area contributed by atoms with Crippen molar-refractivity contribution in [1.29, 1.82) is 0 Å². The lowest BCUT2D eigenvalue weighted by Crippen LogP contribution is -2.43. The van der Waals surface area contributed by atoms with Crippen LogP contribution >= 0.6 is 11.8 Å². The molecule has 0 atom stereocenters. The fraction of sp³-hybridized carbons (Fsp3) is 0.471. The van der Waals surface area contributed by atoms with E-state index in [-0.39, 0.29) is 0 Å². The number of aliphatic hydroxyl groups is 1. The maximum atomic E-state index is 10.5. The number of aromatic nitrogens is 2. The van der Waals surface area contributed by atoms with Gasteiger partial charge in [-0.15, -0.1) is 0 Å². The standard InChI is InChI=1S/C17H23N3OS/c1-20-12-15(16(19-20)14-5-3-2-4-6-14)11-18-13-17(21)7-9-22-10-8-17/h2-6,12,18,21H,7-11,13H2,1H3. The highest BCUT2D eigenvalue weighted by atomic mass is 32.2. The SMILES string of the molecule is Cn1cc(CNCC2(O)CCSCC2)c(-c2ccccc2)n1. The van der Waals surface area contributed by atoms with Crippen molar-refractivity contribution in [2.75, 3.05) is 18.1 Å². The Balaban J connectivity index is 1.66. The molecule has 0 unspecified atom stereocenters. The highest BCUT2D eigenvalue weighted by Crippen LogP contribution is 2.26. The molecule has 1 aliphatic rings. The Morgan fingerprint density at radius 2 is 2.00 bits per heavy atom. The lowest BCUT2D eigenvalue weighted by molar-refractivity contribution is 0.0320. The van der Waals surface area contributed by atoms with Crippen LogP contribution in [0.1, 0.15) is 18.4 Å². The first-order valence-corrected chi connectivity index (χ1v) is 8.91. The highest BCUT2D eigenvalue weighted by molar-refractivity contribution is 7.99. The molecule has 0 spiro atoms. The molecule has 1 saturated heterocycles. The summed E-state index contributed by atoms with van der Waals surface area (Å²) >= 11 is 1.93. The van der Waals surface area contributed by atoms with Gasteiger partial charge in [-0.2, -0.15) is 16.9 Å². The van der Waals surface area contributed by atoms with E-state index >= 15 is 0 Å². The molecule has 2 N–H and O–H groups in total. The molecule has 0 radical (unpaired) electrons. The lowest BCUT2D eigenvalue weighted by Gasteiger charge is -2.31. The summed E-state index contributed by atoms with van der Waals surface area (Å²) in [6.07, 6.45) is 3.81. The molecule has 0 bridgehead atoms. The number of aryl methyl sites for hydroxylation is 1. The van der Waals surface area contributed by atoms with Crippen LogP contribution < -0.4 is 5.32 Å². The van der Waals surface area contributed by atoms with E-state index in [9.17, 15) is 5.11 Å². The Hall–Kier alpha value is -1.30. The van der Waals surface area contributed by atoms with E-state index in [2.05, 4.69) is 28.7 Å². The molecule has 1 fully saturated rings. The molecule has 1 aromatic heterocycles. The third kappa shape index (κ3) is 3.72. The quantitative estimate of drug-likeness (QED) is 0.889. The minimum absolute atomic E-state index is 0.541. The van der Waals surface area contributed by atoms with Crippen molar-refractivity contribution in [1.82, 2.24) is 15.1 Å². The smallest absolute Gasteiger partial charge is 0.0967 e. The van der Waals surface area contributed by atoms with Gasteiger partial charge in [0.15, 0.2) is 0 Å². The van der Waals surface area contributed by atoms with Gasteiger partial charge in [-0.3, -0.25) is 4.68 Å². The normalized spacial score (nSPS) is 17.5. The van der Waals surface area contributed by atoms with Crippen molar-refractivity contribution >= 4 is 11.8 Å². The number of rotatable bonds is 5. The Kier molecular flexibility index (Phi) is 4.86. The van der Waals surface area contributed by atoms with Gasteiger partial charge in [-0.25, -0.2) is 0 Å². The van der Waals surface area contributed by atoms with Crippen molar-refractivity contribution in [3.8, 4) is 11.3 Å². The van der Waals surface area contributed by atoms with Gasteiger partial charge < -0.3 is 10.4 Å². The molecular weight excluding hydrogens is 294 g/mol. The molecule has 5 heteroatoms. The second kappa shape index (κ2) is 6.86. The summed E-state index contributed by atoms with van der Waals surface area (Å²) in [5, 5.41) is 18.5. The van der Waals surface area contributed by atoms with Gasteiger partial charge in [-0.1, -0.05) is 30.3 Å². The van der Waals surface area contributed by atoms with Gasteiger partial charge in [0.1, 0.15) is 0 Å². The highest BCUT2D eigenvalue weighted by Gasteiger charge is 2.28.